The Morgan fingerprint density at radius 3 is 2.44 bits per heavy atom. The average Bonchev–Trinajstić information content (AvgIpc) is 3.43. The van der Waals surface area contributed by atoms with Crippen LogP contribution in [0, 0.1) is 0 Å². The number of primary amides is 1. The van der Waals surface area contributed by atoms with Crippen molar-refractivity contribution >= 4 is 40.5 Å². The number of hydrogen-bond acceptors (Lipinski definition) is 7. The molecule has 1 aromatic carbocycles. The molecule has 0 fully saturated rings. The van der Waals surface area contributed by atoms with Crippen LogP contribution in [0.15, 0.2) is 60.0 Å². The molecule has 3 aromatic rings. The summed E-state index contributed by atoms with van der Waals surface area (Å²) in [6.45, 7) is 3.91. The quantitative estimate of drug-likeness (QED) is 0.338. The van der Waals surface area contributed by atoms with Gasteiger partial charge in [0.1, 0.15) is 10.9 Å². The first-order chi connectivity index (χ1) is 15.2. The Labute approximate surface area is 195 Å². The van der Waals surface area contributed by atoms with Crippen molar-refractivity contribution in [1.82, 2.24) is 5.32 Å². The minimum absolute atomic E-state index is 0.00387. The van der Waals surface area contributed by atoms with Gasteiger partial charge in [0, 0.05) is 21.7 Å². The lowest BCUT2D eigenvalue weighted by Gasteiger charge is -2.31. The van der Waals surface area contributed by atoms with Crippen molar-refractivity contribution in [2.75, 3.05) is 0 Å². The van der Waals surface area contributed by atoms with E-state index in [0.717, 1.165) is 15.3 Å². The second-order valence-electron chi connectivity index (χ2n) is 8.10. The van der Waals surface area contributed by atoms with Crippen LogP contribution in [-0.2, 0) is 20.7 Å². The minimum Gasteiger partial charge on any atom is -0.388 e. The number of nitrogens with two attached hydrogens (primary N) is 1. The molecular weight excluding hydrogens is 444 g/mol. The molecule has 1 amide bonds. The lowest BCUT2D eigenvalue weighted by atomic mass is 9.93. The Morgan fingerprint density at radius 2 is 1.78 bits per heavy atom. The molecule has 3 rings (SSSR count). The largest absolute Gasteiger partial charge is 0.388 e. The number of carbonyl (C=O) groups is 3. The van der Waals surface area contributed by atoms with Gasteiger partial charge in [-0.25, -0.2) is 9.59 Å². The van der Waals surface area contributed by atoms with Gasteiger partial charge in [0.25, 0.3) is 0 Å². The second kappa shape index (κ2) is 10.7. The summed E-state index contributed by atoms with van der Waals surface area (Å²) in [5, 5.41) is 5.21. The molecule has 32 heavy (non-hydrogen) atoms. The van der Waals surface area contributed by atoms with Gasteiger partial charge in [0.05, 0.1) is 0 Å². The van der Waals surface area contributed by atoms with Gasteiger partial charge in [-0.2, -0.15) is 0 Å². The zero-order valence-electron chi connectivity index (χ0n) is 18.0. The molecule has 0 radical (unpaired) electrons. The molecule has 3 N–H and O–H groups in total. The highest BCUT2D eigenvalue weighted by molar-refractivity contribution is 7.22. The van der Waals surface area contributed by atoms with E-state index in [-0.39, 0.29) is 12.8 Å². The molecule has 0 aliphatic carbocycles. The number of thiophene rings is 2. The second-order valence-corrected chi connectivity index (χ2v) is 10.1. The van der Waals surface area contributed by atoms with E-state index in [1.165, 1.54) is 11.3 Å². The Bertz CT molecular complexity index is 1060. The van der Waals surface area contributed by atoms with Crippen LogP contribution in [0.3, 0.4) is 0 Å². The van der Waals surface area contributed by atoms with Crippen molar-refractivity contribution in [3.8, 4) is 9.75 Å². The highest BCUT2D eigenvalue weighted by Gasteiger charge is 2.30. The van der Waals surface area contributed by atoms with Gasteiger partial charge < -0.3 is 10.5 Å². The monoisotopic (exact) mass is 470 g/mol. The third kappa shape index (κ3) is 6.85. The SMILES string of the molecule is CC(C)(Cc1ccccc1)N[C@@H](CCC(N)=O)C(=O)OC(=O)c1ccc(-c2cccs2)s1. The summed E-state index contributed by atoms with van der Waals surface area (Å²) in [6.07, 6.45) is 0.797. The summed E-state index contributed by atoms with van der Waals surface area (Å²) >= 11 is 2.85. The fourth-order valence-electron chi connectivity index (χ4n) is 3.38. The fraction of sp³-hybridized carbons (Fsp3) is 0.292. The van der Waals surface area contributed by atoms with Crippen LogP contribution in [-0.4, -0.2) is 29.4 Å². The zero-order valence-corrected chi connectivity index (χ0v) is 19.6. The Balaban J connectivity index is 1.68. The summed E-state index contributed by atoms with van der Waals surface area (Å²) in [6, 6.07) is 16.4. The van der Waals surface area contributed by atoms with E-state index < -0.39 is 29.4 Å². The topological polar surface area (TPSA) is 98.5 Å². The highest BCUT2D eigenvalue weighted by Crippen LogP contribution is 2.31. The molecular formula is C24H26N2O4S2. The van der Waals surface area contributed by atoms with Gasteiger partial charge >= 0.3 is 11.9 Å². The molecule has 1 atom stereocenters. The minimum atomic E-state index is -0.845. The maximum atomic E-state index is 12.9. The van der Waals surface area contributed by atoms with Gasteiger partial charge in [-0.05, 0) is 55.8 Å². The molecule has 0 unspecified atom stereocenters. The number of esters is 2. The van der Waals surface area contributed by atoms with E-state index >= 15 is 0 Å². The third-order valence-corrected chi connectivity index (χ3v) is 6.91. The van der Waals surface area contributed by atoms with Gasteiger partial charge in [-0.3, -0.25) is 10.1 Å². The first kappa shape index (κ1) is 23.8. The number of rotatable bonds is 10. The van der Waals surface area contributed by atoms with Crippen LogP contribution in [0.25, 0.3) is 9.75 Å². The van der Waals surface area contributed by atoms with Gasteiger partial charge in [0.15, 0.2) is 0 Å². The summed E-state index contributed by atoms with van der Waals surface area (Å²) in [5.41, 5.74) is 5.90. The normalized spacial score (nSPS) is 12.3. The summed E-state index contributed by atoms with van der Waals surface area (Å²) < 4.78 is 5.18. The van der Waals surface area contributed by atoms with Crippen LogP contribution in [0.4, 0.5) is 0 Å². The van der Waals surface area contributed by atoms with E-state index in [2.05, 4.69) is 5.32 Å². The Hall–Kier alpha value is -2.81. The van der Waals surface area contributed by atoms with Crippen LogP contribution in [0.5, 0.6) is 0 Å². The number of hydrogen-bond donors (Lipinski definition) is 2. The van der Waals surface area contributed by atoms with Crippen molar-refractivity contribution in [3.05, 3.63) is 70.4 Å². The predicted molar refractivity (Wildman–Crippen MR) is 128 cm³/mol. The van der Waals surface area contributed by atoms with Gasteiger partial charge in [-0.15, -0.1) is 22.7 Å². The summed E-state index contributed by atoms with van der Waals surface area (Å²) in [4.78, 5) is 39.1. The van der Waals surface area contributed by atoms with Gasteiger partial charge in [0.2, 0.25) is 5.91 Å². The van der Waals surface area contributed by atoms with Crippen molar-refractivity contribution in [2.45, 2.75) is 44.7 Å². The molecule has 0 aliphatic rings. The van der Waals surface area contributed by atoms with Crippen molar-refractivity contribution in [3.63, 3.8) is 0 Å². The molecule has 0 saturated carbocycles. The van der Waals surface area contributed by atoms with Crippen LogP contribution in [0.2, 0.25) is 0 Å². The lowest BCUT2D eigenvalue weighted by Crippen LogP contribution is -2.51. The van der Waals surface area contributed by atoms with Crippen molar-refractivity contribution in [2.24, 2.45) is 5.73 Å². The van der Waals surface area contributed by atoms with E-state index in [0.29, 0.717) is 11.3 Å². The number of carbonyl (C=O) groups excluding carboxylic acids is 3. The van der Waals surface area contributed by atoms with Gasteiger partial charge in [-0.1, -0.05) is 36.4 Å². The van der Waals surface area contributed by atoms with Crippen molar-refractivity contribution < 1.29 is 19.1 Å². The average molecular weight is 471 g/mol. The Morgan fingerprint density at radius 1 is 1.03 bits per heavy atom. The molecule has 0 spiro atoms. The maximum Gasteiger partial charge on any atom is 0.356 e. The smallest absolute Gasteiger partial charge is 0.356 e. The maximum absolute atomic E-state index is 12.9. The summed E-state index contributed by atoms with van der Waals surface area (Å²) in [5.74, 6) is -1.94. The molecule has 8 heteroatoms. The lowest BCUT2D eigenvalue weighted by molar-refractivity contribution is -0.141. The summed E-state index contributed by atoms with van der Waals surface area (Å²) in [7, 11) is 0. The standard InChI is InChI=1S/C24H26N2O4S2/c1-24(2,15-16-7-4-3-5-8-16)26-17(10-13-21(25)27)22(28)30-23(29)20-12-11-19(32-20)18-9-6-14-31-18/h3-9,11-12,14,17,26H,10,13,15H2,1-2H3,(H2,25,27)/t17-/m0/s1. The molecule has 0 saturated heterocycles. The third-order valence-electron chi connectivity index (χ3n) is 4.78. The predicted octanol–water partition coefficient (Wildman–Crippen LogP) is 4.41. The van der Waals surface area contributed by atoms with Crippen molar-refractivity contribution in [1.29, 1.82) is 0 Å². The molecule has 0 aliphatic heterocycles. The molecule has 168 valence electrons. The molecule has 2 aromatic heterocycles. The number of benzene rings is 1. The highest BCUT2D eigenvalue weighted by atomic mass is 32.1. The first-order valence-electron chi connectivity index (χ1n) is 10.2. The number of ether oxygens (including phenoxy) is 1. The molecule has 2 heterocycles. The molecule has 6 nitrogen and oxygen atoms in total. The van der Waals surface area contributed by atoms with E-state index in [4.69, 9.17) is 10.5 Å². The fourth-order valence-corrected chi connectivity index (χ4v) is 5.09. The molecule has 0 bridgehead atoms. The number of nitrogens with one attached hydrogen (secondary N) is 1. The zero-order chi connectivity index (χ0) is 23.1. The number of amides is 1. The Kier molecular flexibility index (Phi) is 7.95. The first-order valence-corrected chi connectivity index (χ1v) is 11.9. The van der Waals surface area contributed by atoms with E-state index in [1.807, 2.05) is 67.8 Å². The van der Waals surface area contributed by atoms with Crippen LogP contribution < -0.4 is 11.1 Å². The van der Waals surface area contributed by atoms with E-state index in [1.54, 1.807) is 17.4 Å². The van der Waals surface area contributed by atoms with Crippen LogP contribution in [0.1, 0.15) is 41.9 Å². The van der Waals surface area contributed by atoms with E-state index in [9.17, 15) is 14.4 Å². The van der Waals surface area contributed by atoms with Crippen LogP contribution >= 0.6 is 22.7 Å².